The minimum atomic E-state index is -0.686. The number of carbonyl (C=O) groups is 2. The molecule has 0 bridgehead atoms. The van der Waals surface area contributed by atoms with Crippen LogP contribution in [-0.2, 0) is 16.0 Å². The molecule has 1 aromatic rings. The molecule has 5 nitrogen and oxygen atoms in total. The van der Waals surface area contributed by atoms with Crippen LogP contribution in [0.15, 0.2) is 30.3 Å². The Morgan fingerprint density at radius 3 is 2.40 bits per heavy atom. The Hall–Kier alpha value is -2.04. The van der Waals surface area contributed by atoms with E-state index in [0.29, 0.717) is 18.9 Å². The molecule has 2 N–H and O–H groups in total. The summed E-state index contributed by atoms with van der Waals surface area (Å²) in [6.07, 6.45) is 0.405. The molecule has 1 rings (SSSR count). The molecular weight excluding hydrogens is 256 g/mol. The Morgan fingerprint density at radius 1 is 1.20 bits per heavy atom. The van der Waals surface area contributed by atoms with Gasteiger partial charge in [-0.1, -0.05) is 44.2 Å². The molecule has 0 aliphatic rings. The summed E-state index contributed by atoms with van der Waals surface area (Å²) in [6.45, 7) is 4.56. The summed E-state index contributed by atoms with van der Waals surface area (Å²) in [4.78, 5) is 23.5. The molecule has 0 fully saturated rings. The van der Waals surface area contributed by atoms with Crippen molar-refractivity contribution < 1.29 is 14.3 Å². The molecule has 1 unspecified atom stereocenters. The minimum absolute atomic E-state index is 0.353. The predicted molar refractivity (Wildman–Crippen MR) is 77.3 cm³/mol. The lowest BCUT2D eigenvalue weighted by atomic mass is 10.1. The molecule has 5 heteroatoms. The number of amides is 2. The summed E-state index contributed by atoms with van der Waals surface area (Å²) in [7, 11) is 1.31. The zero-order valence-electron chi connectivity index (χ0n) is 12.2. The Labute approximate surface area is 119 Å². The average Bonchev–Trinajstić information content (AvgIpc) is 2.44. The van der Waals surface area contributed by atoms with Gasteiger partial charge in [-0.3, -0.25) is 0 Å². The molecular formula is C15H22N2O3. The lowest BCUT2D eigenvalue weighted by Gasteiger charge is -2.17. The highest BCUT2D eigenvalue weighted by Gasteiger charge is 2.21. The van der Waals surface area contributed by atoms with Gasteiger partial charge in [0.15, 0.2) is 0 Å². The van der Waals surface area contributed by atoms with E-state index in [2.05, 4.69) is 10.6 Å². The number of methoxy groups -OCH3 is 1. The first kappa shape index (κ1) is 16.0. The van der Waals surface area contributed by atoms with E-state index in [1.54, 1.807) is 0 Å². The van der Waals surface area contributed by atoms with Gasteiger partial charge in [-0.25, -0.2) is 9.59 Å². The third-order valence-corrected chi connectivity index (χ3v) is 2.74. The van der Waals surface area contributed by atoms with Gasteiger partial charge in [0.2, 0.25) is 0 Å². The molecule has 0 aliphatic heterocycles. The minimum Gasteiger partial charge on any atom is -0.467 e. The summed E-state index contributed by atoms with van der Waals surface area (Å²) >= 11 is 0. The van der Waals surface area contributed by atoms with Gasteiger partial charge < -0.3 is 15.4 Å². The topological polar surface area (TPSA) is 67.4 Å². The second-order valence-corrected chi connectivity index (χ2v) is 5.01. The van der Waals surface area contributed by atoms with Crippen molar-refractivity contribution in [1.29, 1.82) is 0 Å². The van der Waals surface area contributed by atoms with E-state index in [4.69, 9.17) is 4.74 Å². The van der Waals surface area contributed by atoms with E-state index in [-0.39, 0.29) is 6.03 Å². The van der Waals surface area contributed by atoms with Crippen LogP contribution in [0.25, 0.3) is 0 Å². The SMILES string of the molecule is COC(=O)C(Cc1ccccc1)NC(=O)NCC(C)C. The lowest BCUT2D eigenvalue weighted by Crippen LogP contribution is -2.48. The quantitative estimate of drug-likeness (QED) is 0.779. The van der Waals surface area contributed by atoms with Crippen molar-refractivity contribution >= 4 is 12.0 Å². The highest BCUT2D eigenvalue weighted by Crippen LogP contribution is 2.04. The highest BCUT2D eigenvalue weighted by molar-refractivity contribution is 5.83. The van der Waals surface area contributed by atoms with Gasteiger partial charge >= 0.3 is 12.0 Å². The standard InChI is InChI=1S/C15H22N2O3/c1-11(2)10-16-15(19)17-13(14(18)20-3)9-12-7-5-4-6-8-12/h4-8,11,13H,9-10H2,1-3H3,(H2,16,17,19). The van der Waals surface area contributed by atoms with E-state index in [0.717, 1.165) is 5.56 Å². The van der Waals surface area contributed by atoms with Crippen molar-refractivity contribution in [1.82, 2.24) is 10.6 Å². The van der Waals surface area contributed by atoms with Crippen LogP contribution in [0.4, 0.5) is 4.79 Å². The maximum Gasteiger partial charge on any atom is 0.328 e. The van der Waals surface area contributed by atoms with Crippen molar-refractivity contribution in [3.63, 3.8) is 0 Å². The number of nitrogens with one attached hydrogen (secondary N) is 2. The normalized spacial score (nSPS) is 11.8. The second kappa shape index (κ2) is 8.19. The van der Waals surface area contributed by atoms with Crippen LogP contribution < -0.4 is 10.6 Å². The first-order valence-corrected chi connectivity index (χ1v) is 6.69. The fourth-order valence-corrected chi connectivity index (χ4v) is 1.69. The van der Waals surface area contributed by atoms with Gasteiger partial charge in [-0.05, 0) is 11.5 Å². The molecule has 0 saturated carbocycles. The highest BCUT2D eigenvalue weighted by atomic mass is 16.5. The average molecular weight is 278 g/mol. The van der Waals surface area contributed by atoms with Gasteiger partial charge in [0.05, 0.1) is 7.11 Å². The molecule has 110 valence electrons. The van der Waals surface area contributed by atoms with Crippen LogP contribution in [0.5, 0.6) is 0 Å². The number of rotatable bonds is 6. The molecule has 0 heterocycles. The zero-order valence-corrected chi connectivity index (χ0v) is 12.2. The van der Waals surface area contributed by atoms with Crippen molar-refractivity contribution in [2.45, 2.75) is 26.3 Å². The van der Waals surface area contributed by atoms with E-state index in [9.17, 15) is 9.59 Å². The maximum absolute atomic E-state index is 11.7. The Morgan fingerprint density at radius 2 is 1.85 bits per heavy atom. The Balaban J connectivity index is 2.61. The number of urea groups is 1. The van der Waals surface area contributed by atoms with Crippen LogP contribution in [0.3, 0.4) is 0 Å². The van der Waals surface area contributed by atoms with Crippen LogP contribution >= 0.6 is 0 Å². The largest absolute Gasteiger partial charge is 0.467 e. The second-order valence-electron chi connectivity index (χ2n) is 5.01. The Kier molecular flexibility index (Phi) is 6.56. The number of esters is 1. The van der Waals surface area contributed by atoms with Crippen LogP contribution in [0, 0.1) is 5.92 Å². The van der Waals surface area contributed by atoms with Gasteiger partial charge in [0.25, 0.3) is 0 Å². The van der Waals surface area contributed by atoms with Crippen LogP contribution in [0.1, 0.15) is 19.4 Å². The van der Waals surface area contributed by atoms with E-state index in [1.165, 1.54) is 7.11 Å². The number of ether oxygens (including phenoxy) is 1. The van der Waals surface area contributed by atoms with Crippen molar-refractivity contribution in [3.05, 3.63) is 35.9 Å². The molecule has 0 aromatic heterocycles. The lowest BCUT2D eigenvalue weighted by molar-refractivity contribution is -0.142. The smallest absolute Gasteiger partial charge is 0.328 e. The van der Waals surface area contributed by atoms with Crippen LogP contribution in [-0.4, -0.2) is 31.7 Å². The van der Waals surface area contributed by atoms with Crippen LogP contribution in [0.2, 0.25) is 0 Å². The van der Waals surface area contributed by atoms with Crippen molar-refractivity contribution in [3.8, 4) is 0 Å². The van der Waals surface area contributed by atoms with Gasteiger partial charge in [-0.2, -0.15) is 0 Å². The van der Waals surface area contributed by atoms with Gasteiger partial charge in [0.1, 0.15) is 6.04 Å². The maximum atomic E-state index is 11.7. The van der Waals surface area contributed by atoms with E-state index >= 15 is 0 Å². The number of hydrogen-bond donors (Lipinski definition) is 2. The zero-order chi connectivity index (χ0) is 15.0. The van der Waals surface area contributed by atoms with Crippen molar-refractivity contribution in [2.75, 3.05) is 13.7 Å². The fraction of sp³-hybridized carbons (Fsp3) is 0.467. The monoisotopic (exact) mass is 278 g/mol. The first-order valence-electron chi connectivity index (χ1n) is 6.69. The fourth-order valence-electron chi connectivity index (χ4n) is 1.69. The number of benzene rings is 1. The first-order chi connectivity index (χ1) is 9.52. The van der Waals surface area contributed by atoms with E-state index in [1.807, 2.05) is 44.2 Å². The molecule has 0 radical (unpaired) electrons. The molecule has 0 aliphatic carbocycles. The predicted octanol–water partition coefficient (Wildman–Crippen LogP) is 1.73. The molecule has 0 spiro atoms. The Bertz CT molecular complexity index is 432. The summed E-state index contributed by atoms with van der Waals surface area (Å²) in [6, 6.07) is 8.46. The molecule has 0 saturated heterocycles. The molecule has 1 atom stereocenters. The summed E-state index contributed by atoms with van der Waals surface area (Å²) in [5, 5.41) is 5.37. The third-order valence-electron chi connectivity index (χ3n) is 2.74. The number of hydrogen-bond acceptors (Lipinski definition) is 3. The van der Waals surface area contributed by atoms with E-state index < -0.39 is 12.0 Å². The molecule has 20 heavy (non-hydrogen) atoms. The molecule has 2 amide bonds. The van der Waals surface area contributed by atoms with Gasteiger partial charge in [0, 0.05) is 13.0 Å². The summed E-state index contributed by atoms with van der Waals surface area (Å²) in [5.41, 5.74) is 0.965. The van der Waals surface area contributed by atoms with Crippen molar-refractivity contribution in [2.24, 2.45) is 5.92 Å². The molecule has 1 aromatic carbocycles. The summed E-state index contributed by atoms with van der Waals surface area (Å²) < 4.78 is 4.73. The van der Waals surface area contributed by atoms with Gasteiger partial charge in [-0.15, -0.1) is 0 Å². The third kappa shape index (κ3) is 5.73. The summed E-state index contributed by atoms with van der Waals surface area (Å²) in [5.74, 6) is -0.0972. The number of carbonyl (C=O) groups excluding carboxylic acids is 2.